The van der Waals surface area contributed by atoms with Crippen molar-refractivity contribution in [3.63, 3.8) is 0 Å². The minimum absolute atomic E-state index is 0.443. The standard InChI is InChI=1S/C11H11BrN2S/c1-7(2)10-13-14-11(15-10)8-5-3-4-6-9(8)12/h3-7H,1-2H3. The Morgan fingerprint density at radius 2 is 1.93 bits per heavy atom. The number of nitrogens with zero attached hydrogens (tertiary/aromatic N) is 2. The van der Waals surface area contributed by atoms with Crippen molar-refractivity contribution in [3.05, 3.63) is 33.7 Å². The maximum absolute atomic E-state index is 4.21. The Hall–Kier alpha value is -0.740. The van der Waals surface area contributed by atoms with Crippen LogP contribution in [0.1, 0.15) is 24.8 Å². The van der Waals surface area contributed by atoms with Crippen molar-refractivity contribution in [1.82, 2.24) is 10.2 Å². The number of hydrogen-bond donors (Lipinski definition) is 0. The van der Waals surface area contributed by atoms with E-state index in [9.17, 15) is 0 Å². The second-order valence-corrected chi connectivity index (χ2v) is 5.44. The molecule has 0 aliphatic rings. The average molecular weight is 283 g/mol. The van der Waals surface area contributed by atoms with E-state index < -0.39 is 0 Å². The summed E-state index contributed by atoms with van der Waals surface area (Å²) < 4.78 is 1.07. The van der Waals surface area contributed by atoms with Gasteiger partial charge in [0.25, 0.3) is 0 Å². The number of hydrogen-bond acceptors (Lipinski definition) is 3. The number of halogens is 1. The molecular formula is C11H11BrN2S. The molecule has 1 aromatic carbocycles. The third-order valence-corrected chi connectivity index (χ3v) is 3.99. The Balaban J connectivity index is 2.42. The lowest BCUT2D eigenvalue weighted by molar-refractivity contribution is 0.825. The van der Waals surface area contributed by atoms with Gasteiger partial charge in [-0.1, -0.05) is 59.3 Å². The topological polar surface area (TPSA) is 25.8 Å². The molecule has 0 saturated heterocycles. The average Bonchev–Trinajstić information content (AvgIpc) is 2.67. The maximum Gasteiger partial charge on any atom is 0.148 e. The van der Waals surface area contributed by atoms with Gasteiger partial charge in [0.15, 0.2) is 0 Å². The summed E-state index contributed by atoms with van der Waals surface area (Å²) in [6.45, 7) is 4.26. The first-order valence-corrected chi connectivity index (χ1v) is 6.37. The van der Waals surface area contributed by atoms with Gasteiger partial charge in [0, 0.05) is 16.0 Å². The van der Waals surface area contributed by atoms with Crippen molar-refractivity contribution in [2.75, 3.05) is 0 Å². The van der Waals surface area contributed by atoms with Crippen LogP contribution in [0.2, 0.25) is 0 Å². The fourth-order valence-electron chi connectivity index (χ4n) is 1.21. The van der Waals surface area contributed by atoms with E-state index in [4.69, 9.17) is 0 Å². The third kappa shape index (κ3) is 2.26. The molecule has 1 heterocycles. The van der Waals surface area contributed by atoms with Gasteiger partial charge < -0.3 is 0 Å². The molecule has 2 nitrogen and oxygen atoms in total. The van der Waals surface area contributed by atoms with Gasteiger partial charge in [-0.25, -0.2) is 0 Å². The van der Waals surface area contributed by atoms with Crippen LogP contribution >= 0.6 is 27.3 Å². The first-order valence-electron chi connectivity index (χ1n) is 4.77. The molecule has 0 atom stereocenters. The zero-order valence-electron chi connectivity index (χ0n) is 8.57. The van der Waals surface area contributed by atoms with Crippen LogP contribution in [-0.4, -0.2) is 10.2 Å². The van der Waals surface area contributed by atoms with Crippen molar-refractivity contribution in [1.29, 1.82) is 0 Å². The van der Waals surface area contributed by atoms with Crippen molar-refractivity contribution < 1.29 is 0 Å². The summed E-state index contributed by atoms with van der Waals surface area (Å²) >= 11 is 5.17. The van der Waals surface area contributed by atoms with E-state index in [1.165, 1.54) is 0 Å². The lowest BCUT2D eigenvalue weighted by Crippen LogP contribution is -1.83. The van der Waals surface area contributed by atoms with Crippen molar-refractivity contribution in [2.45, 2.75) is 19.8 Å². The van der Waals surface area contributed by atoms with Crippen LogP contribution in [0.25, 0.3) is 10.6 Å². The summed E-state index contributed by atoms with van der Waals surface area (Å²) in [5.41, 5.74) is 1.11. The Morgan fingerprint density at radius 1 is 1.20 bits per heavy atom. The largest absolute Gasteiger partial charge is 0.148 e. The van der Waals surface area contributed by atoms with Crippen LogP contribution in [0.5, 0.6) is 0 Å². The predicted molar refractivity (Wildman–Crippen MR) is 67.1 cm³/mol. The van der Waals surface area contributed by atoms with Gasteiger partial charge in [-0.2, -0.15) is 0 Å². The van der Waals surface area contributed by atoms with Gasteiger partial charge >= 0.3 is 0 Å². The Morgan fingerprint density at radius 3 is 2.53 bits per heavy atom. The van der Waals surface area contributed by atoms with Crippen molar-refractivity contribution >= 4 is 27.3 Å². The highest BCUT2D eigenvalue weighted by Gasteiger charge is 2.10. The summed E-state index contributed by atoms with van der Waals surface area (Å²) in [6, 6.07) is 8.08. The fourth-order valence-corrected chi connectivity index (χ4v) is 2.70. The minimum atomic E-state index is 0.443. The Kier molecular flexibility index (Phi) is 3.17. The summed E-state index contributed by atoms with van der Waals surface area (Å²) in [5, 5.41) is 10.4. The quantitative estimate of drug-likeness (QED) is 0.829. The summed E-state index contributed by atoms with van der Waals surface area (Å²) in [7, 11) is 0. The predicted octanol–water partition coefficient (Wildman–Crippen LogP) is 4.09. The van der Waals surface area contributed by atoms with E-state index in [1.54, 1.807) is 11.3 Å². The van der Waals surface area contributed by atoms with E-state index >= 15 is 0 Å². The van der Waals surface area contributed by atoms with E-state index in [-0.39, 0.29) is 0 Å². The summed E-state index contributed by atoms with van der Waals surface area (Å²) in [4.78, 5) is 0. The molecule has 4 heteroatoms. The first-order chi connectivity index (χ1) is 7.18. The maximum atomic E-state index is 4.21. The van der Waals surface area contributed by atoms with Gasteiger partial charge in [0.05, 0.1) is 0 Å². The van der Waals surface area contributed by atoms with Crippen LogP contribution < -0.4 is 0 Å². The first kappa shape index (κ1) is 10.8. The van der Waals surface area contributed by atoms with Crippen LogP contribution in [0, 0.1) is 0 Å². The van der Waals surface area contributed by atoms with Gasteiger partial charge in [-0.3, -0.25) is 0 Å². The van der Waals surface area contributed by atoms with E-state index in [0.717, 1.165) is 20.1 Å². The van der Waals surface area contributed by atoms with Crippen LogP contribution in [0.3, 0.4) is 0 Å². The fraction of sp³-hybridized carbons (Fsp3) is 0.273. The van der Waals surface area contributed by atoms with Crippen LogP contribution in [-0.2, 0) is 0 Å². The smallest absolute Gasteiger partial charge is 0.143 e. The monoisotopic (exact) mass is 282 g/mol. The minimum Gasteiger partial charge on any atom is -0.143 e. The third-order valence-electron chi connectivity index (χ3n) is 2.04. The van der Waals surface area contributed by atoms with Crippen molar-refractivity contribution in [3.8, 4) is 10.6 Å². The summed E-state index contributed by atoms with van der Waals surface area (Å²) in [5.74, 6) is 0.443. The molecule has 0 bridgehead atoms. The second-order valence-electron chi connectivity index (χ2n) is 3.58. The molecule has 0 aliphatic heterocycles. The Bertz CT molecular complexity index is 465. The van der Waals surface area contributed by atoms with Gasteiger partial charge in [0.2, 0.25) is 0 Å². The Labute approximate surface area is 101 Å². The van der Waals surface area contributed by atoms with E-state index in [0.29, 0.717) is 5.92 Å². The van der Waals surface area contributed by atoms with Gasteiger partial charge in [-0.15, -0.1) is 10.2 Å². The van der Waals surface area contributed by atoms with Gasteiger partial charge in [0.1, 0.15) is 10.0 Å². The normalized spacial score (nSPS) is 10.9. The van der Waals surface area contributed by atoms with E-state index in [2.05, 4.69) is 46.0 Å². The SMILES string of the molecule is CC(C)c1nnc(-c2ccccc2Br)s1. The number of aromatic nitrogens is 2. The molecule has 15 heavy (non-hydrogen) atoms. The molecule has 0 radical (unpaired) electrons. The molecule has 0 fully saturated rings. The molecule has 0 unspecified atom stereocenters. The molecule has 2 rings (SSSR count). The van der Waals surface area contributed by atoms with Gasteiger partial charge in [-0.05, 0) is 6.07 Å². The zero-order chi connectivity index (χ0) is 10.8. The molecule has 2 aromatic rings. The number of rotatable bonds is 2. The second kappa shape index (κ2) is 4.41. The number of benzene rings is 1. The molecule has 0 amide bonds. The highest BCUT2D eigenvalue weighted by molar-refractivity contribution is 9.10. The highest BCUT2D eigenvalue weighted by atomic mass is 79.9. The molecule has 0 N–H and O–H groups in total. The summed E-state index contributed by atoms with van der Waals surface area (Å²) in [6.07, 6.45) is 0. The van der Waals surface area contributed by atoms with Crippen LogP contribution in [0.4, 0.5) is 0 Å². The zero-order valence-corrected chi connectivity index (χ0v) is 11.0. The highest BCUT2D eigenvalue weighted by Crippen LogP contribution is 2.31. The molecule has 1 aromatic heterocycles. The molecule has 0 aliphatic carbocycles. The van der Waals surface area contributed by atoms with E-state index in [1.807, 2.05) is 18.2 Å². The molecule has 78 valence electrons. The molecule has 0 spiro atoms. The molecule has 0 saturated carbocycles. The van der Waals surface area contributed by atoms with Crippen molar-refractivity contribution in [2.24, 2.45) is 0 Å². The lowest BCUT2D eigenvalue weighted by Gasteiger charge is -1.98. The lowest BCUT2D eigenvalue weighted by atomic mass is 10.2. The molecular weight excluding hydrogens is 272 g/mol. The van der Waals surface area contributed by atoms with Crippen LogP contribution in [0.15, 0.2) is 28.7 Å².